The maximum Gasteiger partial charge on any atom is 0.414 e. The first kappa shape index (κ1) is 19.1. The molecule has 0 bridgehead atoms. The molecular formula is C18H23FN4O4. The Bertz CT molecular complexity index is 820. The quantitative estimate of drug-likeness (QED) is 0.722. The molecule has 2 aliphatic heterocycles. The number of alkyl carbamates (subject to hydrolysis) is 1. The van der Waals surface area contributed by atoms with E-state index in [0.717, 1.165) is 0 Å². The fourth-order valence-electron chi connectivity index (χ4n) is 3.27. The van der Waals surface area contributed by atoms with Crippen LogP contribution in [0.3, 0.4) is 0 Å². The SMILES string of the molecule is CN1C(=O)[C@@H]2COC[C@@]2(c2cc(N)ccc2F)N=C1NC(=O)OC(C)(C)C. The second-order valence-corrected chi connectivity index (χ2v) is 7.69. The number of nitrogens with zero attached hydrogens (tertiary/aromatic N) is 2. The van der Waals surface area contributed by atoms with Crippen LogP contribution in [0.15, 0.2) is 23.2 Å². The van der Waals surface area contributed by atoms with Crippen LogP contribution in [0.5, 0.6) is 0 Å². The van der Waals surface area contributed by atoms with Crippen molar-refractivity contribution in [3.8, 4) is 0 Å². The Balaban J connectivity index is 2.05. The van der Waals surface area contributed by atoms with Crippen molar-refractivity contribution in [3.05, 3.63) is 29.6 Å². The van der Waals surface area contributed by atoms with Gasteiger partial charge in [0.05, 0.1) is 19.1 Å². The number of hydrogen-bond donors (Lipinski definition) is 2. The zero-order valence-electron chi connectivity index (χ0n) is 15.7. The van der Waals surface area contributed by atoms with Gasteiger partial charge in [-0.1, -0.05) is 0 Å². The number of carbonyl (C=O) groups excluding carboxylic acids is 2. The molecule has 0 radical (unpaired) electrons. The topological polar surface area (TPSA) is 106 Å². The van der Waals surface area contributed by atoms with E-state index in [0.29, 0.717) is 5.69 Å². The van der Waals surface area contributed by atoms with Crippen LogP contribution in [0.2, 0.25) is 0 Å². The van der Waals surface area contributed by atoms with Gasteiger partial charge in [-0.2, -0.15) is 0 Å². The van der Waals surface area contributed by atoms with E-state index in [9.17, 15) is 14.0 Å². The van der Waals surface area contributed by atoms with Gasteiger partial charge in [-0.15, -0.1) is 0 Å². The van der Waals surface area contributed by atoms with Crippen LogP contribution in [0.4, 0.5) is 14.9 Å². The van der Waals surface area contributed by atoms with E-state index in [1.54, 1.807) is 20.8 Å². The molecule has 2 amide bonds. The van der Waals surface area contributed by atoms with Crippen LogP contribution in [-0.4, -0.2) is 48.7 Å². The number of nitrogen functional groups attached to an aromatic ring is 1. The van der Waals surface area contributed by atoms with E-state index in [4.69, 9.17) is 15.2 Å². The lowest BCUT2D eigenvalue weighted by atomic mass is 9.79. The van der Waals surface area contributed by atoms with Crippen LogP contribution in [-0.2, 0) is 19.8 Å². The molecule has 1 aromatic carbocycles. The smallest absolute Gasteiger partial charge is 0.414 e. The fraction of sp³-hybridized carbons (Fsp3) is 0.500. The van der Waals surface area contributed by atoms with Crippen molar-refractivity contribution < 1.29 is 23.5 Å². The molecule has 2 aliphatic rings. The second kappa shape index (κ2) is 6.49. The number of ether oxygens (including phenoxy) is 2. The van der Waals surface area contributed by atoms with Gasteiger partial charge in [-0.3, -0.25) is 15.0 Å². The number of benzene rings is 1. The number of halogens is 1. The predicted molar refractivity (Wildman–Crippen MR) is 96.4 cm³/mol. The van der Waals surface area contributed by atoms with Gasteiger partial charge in [-0.25, -0.2) is 14.2 Å². The summed E-state index contributed by atoms with van der Waals surface area (Å²) in [6.45, 7) is 5.25. The lowest BCUT2D eigenvalue weighted by Crippen LogP contribution is -2.57. The molecule has 2 atom stereocenters. The van der Waals surface area contributed by atoms with Gasteiger partial charge in [0.15, 0.2) is 0 Å². The van der Waals surface area contributed by atoms with E-state index in [1.807, 2.05) is 0 Å². The monoisotopic (exact) mass is 378 g/mol. The first-order chi connectivity index (χ1) is 12.5. The van der Waals surface area contributed by atoms with Crippen molar-refractivity contribution in [1.82, 2.24) is 10.2 Å². The van der Waals surface area contributed by atoms with Crippen LogP contribution in [0, 0.1) is 11.7 Å². The molecule has 3 rings (SSSR count). The Labute approximate surface area is 156 Å². The molecule has 0 aliphatic carbocycles. The molecule has 1 fully saturated rings. The molecule has 146 valence electrons. The summed E-state index contributed by atoms with van der Waals surface area (Å²) < 4.78 is 25.3. The zero-order chi connectivity index (χ0) is 20.0. The normalized spacial score (nSPS) is 25.1. The zero-order valence-corrected chi connectivity index (χ0v) is 15.7. The first-order valence-electron chi connectivity index (χ1n) is 8.54. The molecule has 1 saturated heterocycles. The van der Waals surface area contributed by atoms with E-state index in [2.05, 4.69) is 10.3 Å². The first-order valence-corrected chi connectivity index (χ1v) is 8.54. The summed E-state index contributed by atoms with van der Waals surface area (Å²) in [5.74, 6) is -1.63. The van der Waals surface area contributed by atoms with Crippen molar-refractivity contribution >= 4 is 23.6 Å². The Morgan fingerprint density at radius 1 is 1.48 bits per heavy atom. The molecule has 9 heteroatoms. The van der Waals surface area contributed by atoms with Gasteiger partial charge >= 0.3 is 6.09 Å². The van der Waals surface area contributed by atoms with Crippen LogP contribution in [0.1, 0.15) is 26.3 Å². The van der Waals surface area contributed by atoms with Crippen molar-refractivity contribution in [2.75, 3.05) is 26.0 Å². The third kappa shape index (κ3) is 3.46. The minimum atomic E-state index is -1.30. The minimum absolute atomic E-state index is 0.00286. The highest BCUT2D eigenvalue weighted by atomic mass is 19.1. The van der Waals surface area contributed by atoms with E-state index in [-0.39, 0.29) is 30.6 Å². The summed E-state index contributed by atoms with van der Waals surface area (Å²) in [4.78, 5) is 30.8. The summed E-state index contributed by atoms with van der Waals surface area (Å²) >= 11 is 0. The highest BCUT2D eigenvalue weighted by Gasteiger charge is 2.55. The Kier molecular flexibility index (Phi) is 4.59. The number of rotatable bonds is 1. The molecule has 27 heavy (non-hydrogen) atoms. The van der Waals surface area contributed by atoms with Gasteiger partial charge < -0.3 is 15.2 Å². The summed E-state index contributed by atoms with van der Waals surface area (Å²) in [5, 5.41) is 2.48. The number of nitrogens with two attached hydrogens (primary N) is 1. The van der Waals surface area contributed by atoms with Crippen LogP contribution >= 0.6 is 0 Å². The number of carbonyl (C=O) groups is 2. The van der Waals surface area contributed by atoms with E-state index < -0.39 is 29.0 Å². The number of anilines is 1. The van der Waals surface area contributed by atoms with E-state index in [1.165, 1.54) is 30.1 Å². The maximum absolute atomic E-state index is 14.6. The number of amides is 2. The maximum atomic E-state index is 14.6. The lowest BCUT2D eigenvalue weighted by molar-refractivity contribution is -0.133. The number of fused-ring (bicyclic) bond motifs is 1. The average molecular weight is 378 g/mol. The average Bonchev–Trinajstić information content (AvgIpc) is 2.97. The molecule has 0 aromatic heterocycles. The molecule has 0 spiro atoms. The van der Waals surface area contributed by atoms with Gasteiger partial charge in [0.1, 0.15) is 17.0 Å². The van der Waals surface area contributed by atoms with Crippen molar-refractivity contribution in [2.24, 2.45) is 10.9 Å². The van der Waals surface area contributed by atoms with Gasteiger partial charge in [0, 0.05) is 18.3 Å². The standard InChI is InChI=1S/C18H23FN4O4/c1-17(2,3)27-16(25)21-15-22-18(11-7-10(20)5-6-13(11)19)9-26-8-12(18)14(24)23(15)4/h5-7,12H,8-9,20H2,1-4H3,(H,21,22,25)/t12-,18-/m0/s1. The van der Waals surface area contributed by atoms with Crippen molar-refractivity contribution in [2.45, 2.75) is 31.9 Å². The van der Waals surface area contributed by atoms with Gasteiger partial charge in [0.25, 0.3) is 0 Å². The molecule has 0 unspecified atom stereocenters. The Morgan fingerprint density at radius 2 is 2.19 bits per heavy atom. The molecule has 2 heterocycles. The molecule has 8 nitrogen and oxygen atoms in total. The van der Waals surface area contributed by atoms with Crippen LogP contribution < -0.4 is 11.1 Å². The summed E-state index contributed by atoms with van der Waals surface area (Å²) in [6, 6.07) is 4.11. The molecule has 1 aromatic rings. The highest BCUT2D eigenvalue weighted by Crippen LogP contribution is 2.44. The van der Waals surface area contributed by atoms with Gasteiger partial charge in [-0.05, 0) is 39.0 Å². The lowest BCUT2D eigenvalue weighted by Gasteiger charge is -2.38. The molecular weight excluding hydrogens is 355 g/mol. The predicted octanol–water partition coefficient (Wildman–Crippen LogP) is 1.60. The third-order valence-corrected chi connectivity index (χ3v) is 4.50. The van der Waals surface area contributed by atoms with E-state index >= 15 is 0 Å². The van der Waals surface area contributed by atoms with Crippen LogP contribution in [0.25, 0.3) is 0 Å². The number of hydrogen-bond acceptors (Lipinski definition) is 6. The third-order valence-electron chi connectivity index (χ3n) is 4.50. The summed E-state index contributed by atoms with van der Waals surface area (Å²) in [5.41, 5.74) is 4.30. The fourth-order valence-corrected chi connectivity index (χ4v) is 3.27. The molecule has 3 N–H and O–H groups in total. The Morgan fingerprint density at radius 3 is 2.85 bits per heavy atom. The van der Waals surface area contributed by atoms with Crippen molar-refractivity contribution in [3.63, 3.8) is 0 Å². The minimum Gasteiger partial charge on any atom is -0.444 e. The number of aliphatic imine (C=N–C) groups is 1. The number of nitrogens with one attached hydrogen (secondary N) is 1. The summed E-state index contributed by atoms with van der Waals surface area (Å²) in [7, 11) is 1.48. The number of guanidine groups is 1. The molecule has 0 saturated carbocycles. The van der Waals surface area contributed by atoms with Crippen molar-refractivity contribution in [1.29, 1.82) is 0 Å². The summed E-state index contributed by atoms with van der Waals surface area (Å²) in [6.07, 6.45) is -0.763. The largest absolute Gasteiger partial charge is 0.444 e. The van der Waals surface area contributed by atoms with Gasteiger partial charge in [0.2, 0.25) is 11.9 Å². The second-order valence-electron chi connectivity index (χ2n) is 7.69. The Hall–Kier alpha value is -2.68. The highest BCUT2D eigenvalue weighted by molar-refractivity contribution is 6.06.